The standard InChI is InChI=1S/C64H54F6N10O11/c1-5-77(49-23-15-45(16-24-49)73-75-47-19-27-51(28-20-47)79(85)86)35-36-89-61(84)58-38-54(31-33-55(58)40(3)81)91-53-32-34-56(60(83)90-39-78(6-2)50-25-17-46(18-26-50)74-76-48-21-29-52(30-22-48)80(87)88)57(37-53)59(82)72-44-13-9-42(10-14-44)62(63(65,66)67,64(68,69)70)41-7-11-43(71-4)12-8-41/h7-34,37-38,71H,5-6,35-36,39H2,1-4H3,(H,72,82)/b75-73+,76-74+. The lowest BCUT2D eigenvalue weighted by Crippen LogP contribution is -2.54. The molecule has 0 spiro atoms. The number of non-ortho nitro benzene ring substituents is 2. The van der Waals surface area contributed by atoms with Gasteiger partial charge in [-0.15, -0.1) is 0 Å². The average Bonchev–Trinajstić information content (AvgIpc) is 0.720. The van der Waals surface area contributed by atoms with E-state index in [4.69, 9.17) is 14.2 Å². The number of amides is 1. The lowest BCUT2D eigenvalue weighted by Gasteiger charge is -2.38. The number of benzene rings is 8. The Morgan fingerprint density at radius 1 is 0.505 bits per heavy atom. The molecule has 0 aromatic heterocycles. The van der Waals surface area contributed by atoms with Gasteiger partial charge in [0.2, 0.25) is 5.41 Å². The van der Waals surface area contributed by atoms with Crippen LogP contribution in [0.15, 0.2) is 202 Å². The van der Waals surface area contributed by atoms with E-state index in [0.29, 0.717) is 47.1 Å². The number of nitro groups is 2. The SMILES string of the molecule is CCN(CCOC(=O)c1cc(Oc2ccc(C(=O)OCN(CC)c3ccc(/N=N/c4ccc([N+](=O)[O-])cc4)cc3)c(C(=O)Nc3ccc(C(c4ccc(NC)cc4)(C(F)(F)F)C(F)(F)F)cc3)c2)ccc1C(C)=O)c1ccc(/N=N/c2ccc([N+](=O)[O-])cc2)cc1. The van der Waals surface area contributed by atoms with E-state index in [1.807, 2.05) is 11.8 Å². The van der Waals surface area contributed by atoms with E-state index in [1.54, 1.807) is 60.4 Å². The first-order valence-electron chi connectivity index (χ1n) is 27.6. The number of carbonyl (C=O) groups is 4. The molecular weight excluding hydrogens is 1200 g/mol. The molecule has 0 heterocycles. The first-order chi connectivity index (χ1) is 43.4. The van der Waals surface area contributed by atoms with Gasteiger partial charge in [0.25, 0.3) is 17.3 Å². The Morgan fingerprint density at radius 2 is 0.912 bits per heavy atom. The van der Waals surface area contributed by atoms with Crippen LogP contribution < -0.4 is 25.2 Å². The third-order valence-electron chi connectivity index (χ3n) is 14.1. The van der Waals surface area contributed by atoms with Crippen LogP contribution in [-0.4, -0.2) is 85.8 Å². The molecule has 0 fully saturated rings. The van der Waals surface area contributed by atoms with Crippen LogP contribution in [0.5, 0.6) is 11.5 Å². The second-order valence-corrected chi connectivity index (χ2v) is 19.8. The van der Waals surface area contributed by atoms with E-state index in [9.17, 15) is 39.4 Å². The lowest BCUT2D eigenvalue weighted by molar-refractivity contribution is -0.385. The van der Waals surface area contributed by atoms with Gasteiger partial charge in [-0.05, 0) is 165 Å². The largest absolute Gasteiger partial charge is 0.460 e. The van der Waals surface area contributed by atoms with Gasteiger partial charge >= 0.3 is 24.3 Å². The molecule has 8 aromatic rings. The van der Waals surface area contributed by atoms with Gasteiger partial charge in [0.05, 0.1) is 55.8 Å². The Kier molecular flexibility index (Phi) is 20.6. The molecule has 8 rings (SSSR count). The fourth-order valence-electron chi connectivity index (χ4n) is 9.35. The number of ether oxygens (including phenoxy) is 3. The van der Waals surface area contributed by atoms with Crippen molar-refractivity contribution < 1.29 is 69.6 Å². The minimum atomic E-state index is -5.91. The molecule has 2 N–H and O–H groups in total. The van der Waals surface area contributed by atoms with E-state index >= 15 is 26.3 Å². The van der Waals surface area contributed by atoms with E-state index < -0.39 is 67.9 Å². The Hall–Kier alpha value is -11.4. The number of carbonyl (C=O) groups excluding carboxylic acids is 4. The van der Waals surface area contributed by atoms with Crippen molar-refractivity contribution in [2.45, 2.75) is 38.5 Å². The van der Waals surface area contributed by atoms with Crippen molar-refractivity contribution in [1.29, 1.82) is 0 Å². The summed E-state index contributed by atoms with van der Waals surface area (Å²) in [6.07, 6.45) is -11.8. The third-order valence-corrected chi connectivity index (χ3v) is 14.1. The number of alkyl halides is 6. The number of Topliss-reactive ketones (excluding diaryl/α,β-unsaturated/α-hetero) is 1. The van der Waals surface area contributed by atoms with E-state index in [1.165, 1.54) is 92.8 Å². The van der Waals surface area contributed by atoms with E-state index in [0.717, 1.165) is 48.2 Å². The summed E-state index contributed by atoms with van der Waals surface area (Å²) in [7, 11) is 1.44. The van der Waals surface area contributed by atoms with Crippen molar-refractivity contribution >= 4 is 80.5 Å². The van der Waals surface area contributed by atoms with Crippen molar-refractivity contribution in [2.24, 2.45) is 20.5 Å². The van der Waals surface area contributed by atoms with Crippen molar-refractivity contribution in [1.82, 2.24) is 0 Å². The van der Waals surface area contributed by atoms with Crippen molar-refractivity contribution in [2.75, 3.05) is 60.5 Å². The fraction of sp³-hybridized carbons (Fsp3) is 0.188. The molecule has 0 atom stereocenters. The molecule has 8 aromatic carbocycles. The van der Waals surface area contributed by atoms with Crippen LogP contribution in [0.4, 0.5) is 83.2 Å². The van der Waals surface area contributed by atoms with Gasteiger partial charge in [0.15, 0.2) is 12.5 Å². The zero-order chi connectivity index (χ0) is 65.6. The van der Waals surface area contributed by atoms with Gasteiger partial charge < -0.3 is 34.6 Å². The van der Waals surface area contributed by atoms with Crippen LogP contribution in [0.3, 0.4) is 0 Å². The number of likely N-dealkylation sites (N-methyl/N-ethyl adjacent to an activating group) is 1. The molecule has 91 heavy (non-hydrogen) atoms. The summed E-state index contributed by atoms with van der Waals surface area (Å²) in [5.74, 6) is -3.71. The van der Waals surface area contributed by atoms with Crippen molar-refractivity contribution in [3.63, 3.8) is 0 Å². The second kappa shape index (κ2) is 28.6. The molecule has 0 aliphatic heterocycles. The fourth-order valence-corrected chi connectivity index (χ4v) is 9.35. The highest BCUT2D eigenvalue weighted by Gasteiger charge is 2.72. The highest BCUT2D eigenvalue weighted by molar-refractivity contribution is 6.11. The first-order valence-corrected chi connectivity index (χ1v) is 27.6. The van der Waals surface area contributed by atoms with Crippen LogP contribution >= 0.6 is 0 Å². The molecule has 27 heteroatoms. The molecule has 0 unspecified atom stereocenters. The predicted octanol–water partition coefficient (Wildman–Crippen LogP) is 16.4. The second-order valence-electron chi connectivity index (χ2n) is 19.8. The normalized spacial score (nSPS) is 11.7. The van der Waals surface area contributed by atoms with Crippen LogP contribution in [0.1, 0.15) is 73.3 Å². The van der Waals surface area contributed by atoms with Crippen molar-refractivity contribution in [3.8, 4) is 11.5 Å². The molecule has 0 saturated heterocycles. The number of azo groups is 2. The van der Waals surface area contributed by atoms with E-state index in [-0.39, 0.29) is 77.4 Å². The number of hydrogen-bond acceptors (Lipinski definition) is 18. The predicted molar refractivity (Wildman–Crippen MR) is 325 cm³/mol. The molecule has 1 amide bonds. The summed E-state index contributed by atoms with van der Waals surface area (Å²) >= 11 is 0. The maximum Gasteiger partial charge on any atom is 0.411 e. The van der Waals surface area contributed by atoms with Gasteiger partial charge in [-0.3, -0.25) is 29.8 Å². The van der Waals surface area contributed by atoms with Gasteiger partial charge in [-0.2, -0.15) is 46.8 Å². The maximum atomic E-state index is 15.0. The Bertz CT molecular complexity index is 3990. The molecular formula is C64H54F6N10O11. The number of nitro benzene ring substituents is 2. The van der Waals surface area contributed by atoms with E-state index in [2.05, 4.69) is 31.1 Å². The van der Waals surface area contributed by atoms with Crippen LogP contribution in [0.25, 0.3) is 0 Å². The number of nitrogens with zero attached hydrogens (tertiary/aromatic N) is 8. The molecule has 21 nitrogen and oxygen atoms in total. The summed E-state index contributed by atoms with van der Waals surface area (Å²) in [5.41, 5.74) is -5.10. The van der Waals surface area contributed by atoms with Crippen LogP contribution in [-0.2, 0) is 14.9 Å². The minimum absolute atomic E-state index is 0.0241. The quantitative estimate of drug-likeness (QED) is 0.0103. The molecule has 0 aliphatic rings. The third kappa shape index (κ3) is 15.7. The minimum Gasteiger partial charge on any atom is -0.460 e. The summed E-state index contributed by atoms with van der Waals surface area (Å²) < 4.78 is 108. The highest BCUT2D eigenvalue weighted by atomic mass is 19.4. The highest BCUT2D eigenvalue weighted by Crippen LogP contribution is 2.56. The molecule has 0 radical (unpaired) electrons. The Morgan fingerprint density at radius 3 is 1.33 bits per heavy atom. The summed E-state index contributed by atoms with van der Waals surface area (Å²) in [5, 5.41) is 43.7. The number of rotatable bonds is 25. The van der Waals surface area contributed by atoms with Crippen LogP contribution in [0.2, 0.25) is 0 Å². The van der Waals surface area contributed by atoms with Gasteiger partial charge in [0.1, 0.15) is 18.1 Å². The van der Waals surface area contributed by atoms with Gasteiger partial charge in [0, 0.05) is 72.7 Å². The summed E-state index contributed by atoms with van der Waals surface area (Å²) in [4.78, 5) is 79.6. The first kappa shape index (κ1) is 65.6. The average molecular weight is 1250 g/mol. The van der Waals surface area contributed by atoms with Crippen LogP contribution in [0, 0.1) is 20.2 Å². The lowest BCUT2D eigenvalue weighted by atomic mass is 9.73. The zero-order valence-corrected chi connectivity index (χ0v) is 48.7. The maximum absolute atomic E-state index is 15.0. The smallest absolute Gasteiger partial charge is 0.411 e. The zero-order valence-electron chi connectivity index (χ0n) is 48.7. The number of halogens is 6. The number of ketones is 1. The molecule has 0 aliphatic carbocycles. The van der Waals surface area contributed by atoms with Gasteiger partial charge in [-0.1, -0.05) is 24.3 Å². The number of esters is 2. The summed E-state index contributed by atoms with van der Waals surface area (Å²) in [6.45, 7) is 5.34. The number of nitrogens with one attached hydrogen (secondary N) is 2. The topological polar surface area (TPSA) is 262 Å². The summed E-state index contributed by atoms with van der Waals surface area (Å²) in [6, 6.07) is 38.4. The monoisotopic (exact) mass is 1250 g/mol. The Balaban J connectivity index is 1.02. The van der Waals surface area contributed by atoms with Crippen molar-refractivity contribution in [3.05, 3.63) is 236 Å². The molecule has 0 saturated carbocycles. The Labute approximate surface area is 514 Å². The molecule has 468 valence electrons. The number of hydrogen-bond donors (Lipinski definition) is 2. The van der Waals surface area contributed by atoms with Gasteiger partial charge in [-0.25, -0.2) is 9.59 Å². The number of anilines is 4. The molecule has 0 bridgehead atoms.